The third-order valence-electron chi connectivity index (χ3n) is 9.96. The van der Waals surface area contributed by atoms with Gasteiger partial charge in [0.1, 0.15) is 22.8 Å². The summed E-state index contributed by atoms with van der Waals surface area (Å²) in [6, 6.07) is 53.7. The van der Waals surface area contributed by atoms with Crippen LogP contribution in [0.1, 0.15) is 22.9 Å². The topological polar surface area (TPSA) is 49.9 Å². The maximum Gasteiger partial charge on any atom is 0.170 e. The van der Waals surface area contributed by atoms with Crippen LogP contribution >= 0.6 is 22.7 Å². The fourth-order valence-corrected chi connectivity index (χ4v) is 9.71. The number of hydrogen-bond donors (Lipinski definition) is 1. The summed E-state index contributed by atoms with van der Waals surface area (Å²) >= 11 is 3.66. The second-order valence-electron chi connectivity index (χ2n) is 12.9. The van der Waals surface area contributed by atoms with E-state index in [1.165, 1.54) is 40.3 Å². The number of fused-ring (bicyclic) bond motifs is 9. The molecule has 4 nitrogen and oxygen atoms in total. The molecule has 4 heterocycles. The summed E-state index contributed by atoms with van der Waals surface area (Å²) in [4.78, 5) is 10.6. The van der Waals surface area contributed by atoms with Crippen LogP contribution in [0.15, 0.2) is 166 Å². The van der Waals surface area contributed by atoms with Gasteiger partial charge in [-0.2, -0.15) is 0 Å². The van der Waals surface area contributed by atoms with E-state index in [2.05, 4.69) is 133 Å². The van der Waals surface area contributed by atoms with Gasteiger partial charge in [0.15, 0.2) is 6.17 Å². The minimum absolute atomic E-state index is 0.493. The Morgan fingerprint density at radius 3 is 1.76 bits per heavy atom. The number of para-hydroxylation sites is 1. The first-order valence-corrected chi connectivity index (χ1v) is 18.6. The summed E-state index contributed by atoms with van der Waals surface area (Å²) < 4.78 is 11.9. The van der Waals surface area contributed by atoms with Gasteiger partial charge in [0.25, 0.3) is 0 Å². The molecule has 3 aromatic heterocycles. The molecule has 51 heavy (non-hydrogen) atoms. The summed E-state index contributed by atoms with van der Waals surface area (Å²) in [5, 5.41) is 10.8. The van der Waals surface area contributed by atoms with E-state index >= 15 is 0 Å². The van der Waals surface area contributed by atoms with Crippen molar-refractivity contribution in [3.05, 3.63) is 168 Å². The Hall–Kier alpha value is -6.08. The van der Waals surface area contributed by atoms with Gasteiger partial charge in [-0.25, -0.2) is 9.98 Å². The Labute approximate surface area is 300 Å². The Balaban J connectivity index is 1.12. The smallest absolute Gasteiger partial charge is 0.170 e. The molecule has 0 saturated carbocycles. The molecular formula is C45H27N3OS2. The van der Waals surface area contributed by atoms with Gasteiger partial charge in [-0.05, 0) is 54.1 Å². The van der Waals surface area contributed by atoms with Crippen molar-refractivity contribution < 1.29 is 4.42 Å². The lowest BCUT2D eigenvalue weighted by molar-refractivity contribution is 0.668. The molecule has 0 bridgehead atoms. The highest BCUT2D eigenvalue weighted by molar-refractivity contribution is 7.26. The number of rotatable bonds is 4. The van der Waals surface area contributed by atoms with Crippen molar-refractivity contribution in [3.8, 4) is 11.1 Å². The number of nitrogens with one attached hydrogen (secondary N) is 1. The molecule has 0 fully saturated rings. The Kier molecular flexibility index (Phi) is 6.32. The molecule has 0 spiro atoms. The van der Waals surface area contributed by atoms with E-state index in [0.29, 0.717) is 0 Å². The van der Waals surface area contributed by atoms with E-state index < -0.39 is 6.17 Å². The quantitative estimate of drug-likeness (QED) is 0.200. The van der Waals surface area contributed by atoms with E-state index in [1.807, 2.05) is 46.9 Å². The van der Waals surface area contributed by atoms with Gasteiger partial charge in [0.05, 0.1) is 0 Å². The normalized spacial score (nSPS) is 14.9. The zero-order valence-electron chi connectivity index (χ0n) is 27.1. The highest BCUT2D eigenvalue weighted by Crippen LogP contribution is 2.44. The maximum absolute atomic E-state index is 6.74. The molecule has 7 aromatic carbocycles. The second-order valence-corrected chi connectivity index (χ2v) is 15.1. The van der Waals surface area contributed by atoms with E-state index in [-0.39, 0.29) is 0 Å². The minimum atomic E-state index is -0.493. The standard InChI is InChI=1S/C45H27N3OS2/c1-2-10-26(11-3-1)43-46-44(28-19-23-40-35(25-28)31-13-6-9-17-38(31)51-40)48-45(47-43)33-21-20-29(42-41(33)32-14-4-7-15-36(32)49-42)27-18-22-39-34(24-27)30-12-5-8-16-37(30)50-39/h1-25,45H,(H,46,47,48). The van der Waals surface area contributed by atoms with Crippen LogP contribution < -0.4 is 5.32 Å². The van der Waals surface area contributed by atoms with Crippen LogP contribution in [0.5, 0.6) is 0 Å². The van der Waals surface area contributed by atoms with Crippen LogP contribution in [0.4, 0.5) is 0 Å². The molecule has 1 unspecified atom stereocenters. The van der Waals surface area contributed by atoms with Gasteiger partial charge in [-0.1, -0.05) is 103 Å². The first kappa shape index (κ1) is 28.7. The number of amidine groups is 2. The Morgan fingerprint density at radius 2 is 1.04 bits per heavy atom. The maximum atomic E-state index is 6.74. The molecule has 11 rings (SSSR count). The zero-order chi connectivity index (χ0) is 33.5. The molecular weight excluding hydrogens is 663 g/mol. The molecule has 1 N–H and O–H groups in total. The van der Waals surface area contributed by atoms with Crippen molar-refractivity contribution in [2.45, 2.75) is 6.17 Å². The Bertz CT molecular complexity index is 3070. The van der Waals surface area contributed by atoms with Crippen molar-refractivity contribution in [1.29, 1.82) is 0 Å². The molecule has 0 saturated heterocycles. The zero-order valence-corrected chi connectivity index (χ0v) is 28.8. The molecule has 0 amide bonds. The molecule has 10 aromatic rings. The van der Waals surface area contributed by atoms with E-state index in [4.69, 9.17) is 14.4 Å². The molecule has 1 aliphatic heterocycles. The second kappa shape index (κ2) is 11.2. The minimum Gasteiger partial charge on any atom is -0.455 e. The van der Waals surface area contributed by atoms with Crippen LogP contribution in [0.2, 0.25) is 0 Å². The fourth-order valence-electron chi connectivity index (χ4n) is 7.54. The highest BCUT2D eigenvalue weighted by Gasteiger charge is 2.26. The fraction of sp³-hybridized carbons (Fsp3) is 0.0222. The van der Waals surface area contributed by atoms with Crippen molar-refractivity contribution in [2.75, 3.05) is 0 Å². The summed E-state index contributed by atoms with van der Waals surface area (Å²) in [5.74, 6) is 1.59. The van der Waals surface area contributed by atoms with Gasteiger partial charge in [-0.3, -0.25) is 0 Å². The largest absolute Gasteiger partial charge is 0.455 e. The first-order valence-electron chi connectivity index (χ1n) is 17.0. The number of aliphatic imine (C=N–C) groups is 2. The van der Waals surface area contributed by atoms with Gasteiger partial charge in [0.2, 0.25) is 0 Å². The monoisotopic (exact) mass is 689 g/mol. The number of nitrogens with zero attached hydrogens (tertiary/aromatic N) is 2. The van der Waals surface area contributed by atoms with Crippen LogP contribution in [-0.2, 0) is 0 Å². The Morgan fingerprint density at radius 1 is 0.471 bits per heavy atom. The summed E-state index contributed by atoms with van der Waals surface area (Å²) in [7, 11) is 0. The summed E-state index contributed by atoms with van der Waals surface area (Å²) in [5.41, 5.74) is 6.94. The third kappa shape index (κ3) is 4.57. The van der Waals surface area contributed by atoms with Crippen LogP contribution in [-0.4, -0.2) is 11.7 Å². The van der Waals surface area contributed by atoms with Gasteiger partial charge >= 0.3 is 0 Å². The predicted octanol–water partition coefficient (Wildman–Crippen LogP) is 12.5. The van der Waals surface area contributed by atoms with E-state index in [0.717, 1.165) is 61.4 Å². The average Bonchev–Trinajstić information content (AvgIpc) is 3.89. The number of furan rings is 1. The van der Waals surface area contributed by atoms with Gasteiger partial charge < -0.3 is 9.73 Å². The van der Waals surface area contributed by atoms with Gasteiger partial charge in [-0.15, -0.1) is 22.7 Å². The van der Waals surface area contributed by atoms with Crippen molar-refractivity contribution >= 4 is 96.6 Å². The SMILES string of the molecule is c1ccc(C2=NC(c3ccc(-c4ccc5sc6ccccc6c5c4)c4oc5ccccc5c34)N=C(c3ccc4sc5ccccc5c4c3)N2)cc1. The van der Waals surface area contributed by atoms with Crippen LogP contribution in [0, 0.1) is 0 Å². The highest BCUT2D eigenvalue weighted by atomic mass is 32.1. The van der Waals surface area contributed by atoms with Crippen LogP contribution in [0.3, 0.4) is 0 Å². The molecule has 0 radical (unpaired) electrons. The molecule has 240 valence electrons. The third-order valence-corrected chi connectivity index (χ3v) is 12.3. The number of hydrogen-bond acceptors (Lipinski definition) is 6. The lowest BCUT2D eigenvalue weighted by Gasteiger charge is -2.23. The van der Waals surface area contributed by atoms with E-state index in [9.17, 15) is 0 Å². The van der Waals surface area contributed by atoms with E-state index in [1.54, 1.807) is 0 Å². The molecule has 6 heteroatoms. The number of thiophene rings is 2. The van der Waals surface area contributed by atoms with Crippen molar-refractivity contribution in [2.24, 2.45) is 9.98 Å². The first-order chi connectivity index (χ1) is 25.2. The predicted molar refractivity (Wildman–Crippen MR) is 217 cm³/mol. The molecule has 1 atom stereocenters. The summed E-state index contributed by atoms with van der Waals surface area (Å²) in [6.45, 7) is 0. The number of benzene rings is 7. The molecule has 1 aliphatic rings. The van der Waals surface area contributed by atoms with Crippen molar-refractivity contribution in [1.82, 2.24) is 5.32 Å². The average molecular weight is 690 g/mol. The summed E-state index contributed by atoms with van der Waals surface area (Å²) in [6.07, 6.45) is -0.493. The van der Waals surface area contributed by atoms with Gasteiger partial charge in [0, 0.05) is 73.4 Å². The van der Waals surface area contributed by atoms with Crippen LogP contribution in [0.25, 0.3) is 73.4 Å². The lowest BCUT2D eigenvalue weighted by Crippen LogP contribution is -2.36. The van der Waals surface area contributed by atoms with Crippen molar-refractivity contribution in [3.63, 3.8) is 0 Å². The lowest BCUT2D eigenvalue weighted by atomic mass is 9.96. The molecule has 0 aliphatic carbocycles.